The highest BCUT2D eigenvalue weighted by Crippen LogP contribution is 2.18. The molecule has 0 aliphatic rings. The van der Waals surface area contributed by atoms with Crippen molar-refractivity contribution in [2.45, 2.75) is 30.7 Å². The lowest BCUT2D eigenvalue weighted by Gasteiger charge is -2.05. The fourth-order valence-electron chi connectivity index (χ4n) is 1.87. The maximum Gasteiger partial charge on any atom is 0.251 e. The van der Waals surface area contributed by atoms with Crippen LogP contribution in [0, 0.1) is 5.82 Å². The number of amides is 1. The summed E-state index contributed by atoms with van der Waals surface area (Å²) >= 11 is 1.33. The van der Waals surface area contributed by atoms with Crippen LogP contribution in [0.5, 0.6) is 0 Å². The Kier molecular flexibility index (Phi) is 6.34. The second kappa shape index (κ2) is 8.47. The van der Waals surface area contributed by atoms with Crippen LogP contribution in [0.2, 0.25) is 0 Å². The molecule has 122 valence electrons. The highest BCUT2D eigenvalue weighted by atomic mass is 32.2. The molecule has 0 bridgehead atoms. The minimum Gasteiger partial charge on any atom is -0.356 e. The summed E-state index contributed by atoms with van der Waals surface area (Å²) in [6, 6.07) is 7.47. The number of hydrogen-bond donors (Lipinski definition) is 2. The van der Waals surface area contributed by atoms with Crippen molar-refractivity contribution in [3.63, 3.8) is 0 Å². The lowest BCUT2D eigenvalue weighted by atomic mass is 10.2. The van der Waals surface area contributed by atoms with Gasteiger partial charge in [-0.3, -0.25) is 9.59 Å². The van der Waals surface area contributed by atoms with E-state index in [1.807, 2.05) is 6.92 Å². The van der Waals surface area contributed by atoms with Crippen LogP contribution in [0.1, 0.15) is 24.6 Å². The van der Waals surface area contributed by atoms with E-state index < -0.39 is 0 Å². The topological polar surface area (TPSA) is 74.8 Å². The van der Waals surface area contributed by atoms with Gasteiger partial charge in [-0.05, 0) is 24.1 Å². The Morgan fingerprint density at radius 2 is 2.09 bits per heavy atom. The zero-order valence-electron chi connectivity index (χ0n) is 12.8. The second-order valence-electron chi connectivity index (χ2n) is 4.98. The minimum atomic E-state index is -0.292. The first-order chi connectivity index (χ1) is 11.1. The van der Waals surface area contributed by atoms with Crippen LogP contribution in [0.3, 0.4) is 0 Å². The predicted octanol–water partition coefficient (Wildman–Crippen LogP) is 2.27. The predicted molar refractivity (Wildman–Crippen MR) is 87.8 cm³/mol. The summed E-state index contributed by atoms with van der Waals surface area (Å²) in [5, 5.41) is 3.19. The maximum absolute atomic E-state index is 12.9. The summed E-state index contributed by atoms with van der Waals surface area (Å²) in [6.07, 6.45) is 0.932. The number of thioether (sulfide) groups is 1. The summed E-state index contributed by atoms with van der Waals surface area (Å²) in [7, 11) is 0. The van der Waals surface area contributed by atoms with Gasteiger partial charge < -0.3 is 10.3 Å². The Balaban J connectivity index is 2.00. The summed E-state index contributed by atoms with van der Waals surface area (Å²) in [5.74, 6) is 0.110. The number of halogens is 1. The van der Waals surface area contributed by atoms with Gasteiger partial charge in [0.15, 0.2) is 5.16 Å². The van der Waals surface area contributed by atoms with E-state index in [0.29, 0.717) is 23.1 Å². The number of aromatic nitrogens is 2. The van der Waals surface area contributed by atoms with Gasteiger partial charge in [0.1, 0.15) is 5.82 Å². The van der Waals surface area contributed by atoms with E-state index in [2.05, 4.69) is 15.3 Å². The summed E-state index contributed by atoms with van der Waals surface area (Å²) in [6.45, 7) is 2.57. The zero-order chi connectivity index (χ0) is 16.7. The second-order valence-corrected chi connectivity index (χ2v) is 5.95. The Morgan fingerprint density at radius 1 is 1.35 bits per heavy atom. The lowest BCUT2D eigenvalue weighted by molar-refractivity contribution is -0.120. The van der Waals surface area contributed by atoms with Crippen molar-refractivity contribution in [1.29, 1.82) is 0 Å². The minimum absolute atomic E-state index is 0.0774. The monoisotopic (exact) mass is 335 g/mol. The standard InChI is InChI=1S/C16H18FN3O2S/c1-2-7-18-14(21)8-13-9-15(22)20-16(19-13)23-10-11-3-5-12(17)6-4-11/h3-6,9H,2,7-8,10H2,1H3,(H,18,21)(H,19,20,22). The SMILES string of the molecule is CCCNC(=O)Cc1cc(=O)[nH]c(SCc2ccc(F)cc2)n1. The van der Waals surface area contributed by atoms with Crippen LogP contribution >= 0.6 is 11.8 Å². The van der Waals surface area contributed by atoms with E-state index in [9.17, 15) is 14.0 Å². The van der Waals surface area contributed by atoms with Crippen molar-refractivity contribution in [2.24, 2.45) is 0 Å². The number of nitrogens with zero attached hydrogens (tertiary/aromatic N) is 1. The molecule has 1 heterocycles. The largest absolute Gasteiger partial charge is 0.356 e. The number of carbonyl (C=O) groups excluding carboxylic acids is 1. The average Bonchev–Trinajstić information content (AvgIpc) is 2.52. The molecule has 5 nitrogen and oxygen atoms in total. The summed E-state index contributed by atoms with van der Waals surface area (Å²) < 4.78 is 12.9. The molecule has 1 aromatic heterocycles. The normalized spacial score (nSPS) is 10.5. The number of H-pyrrole nitrogens is 1. The number of hydrogen-bond acceptors (Lipinski definition) is 4. The average molecular weight is 335 g/mol. The molecule has 0 unspecified atom stereocenters. The van der Waals surface area contributed by atoms with Crippen molar-refractivity contribution < 1.29 is 9.18 Å². The van der Waals surface area contributed by atoms with Gasteiger partial charge in [0, 0.05) is 18.4 Å². The number of carbonyl (C=O) groups is 1. The number of aromatic amines is 1. The Hall–Kier alpha value is -2.15. The van der Waals surface area contributed by atoms with Gasteiger partial charge >= 0.3 is 0 Å². The van der Waals surface area contributed by atoms with Crippen molar-refractivity contribution in [3.8, 4) is 0 Å². The molecule has 2 rings (SSSR count). The molecule has 23 heavy (non-hydrogen) atoms. The van der Waals surface area contributed by atoms with Crippen LogP contribution in [-0.2, 0) is 17.0 Å². The van der Waals surface area contributed by atoms with Gasteiger partial charge in [0.2, 0.25) is 5.91 Å². The molecule has 0 aliphatic carbocycles. The first kappa shape index (κ1) is 17.2. The lowest BCUT2D eigenvalue weighted by Crippen LogP contribution is -2.26. The quantitative estimate of drug-likeness (QED) is 0.601. The van der Waals surface area contributed by atoms with E-state index in [0.717, 1.165) is 12.0 Å². The fraction of sp³-hybridized carbons (Fsp3) is 0.312. The summed E-state index contributed by atoms with van der Waals surface area (Å²) in [4.78, 5) is 30.3. The van der Waals surface area contributed by atoms with E-state index in [-0.39, 0.29) is 23.7 Å². The Morgan fingerprint density at radius 3 is 2.78 bits per heavy atom. The van der Waals surface area contributed by atoms with E-state index in [1.54, 1.807) is 12.1 Å². The fourth-order valence-corrected chi connectivity index (χ4v) is 2.72. The van der Waals surface area contributed by atoms with Gasteiger partial charge in [-0.15, -0.1) is 0 Å². The number of benzene rings is 1. The first-order valence-corrected chi connectivity index (χ1v) is 8.29. The Labute approximate surface area is 137 Å². The van der Waals surface area contributed by atoms with E-state index >= 15 is 0 Å². The van der Waals surface area contributed by atoms with Crippen molar-refractivity contribution >= 4 is 17.7 Å². The molecule has 2 aromatic rings. The van der Waals surface area contributed by atoms with Crippen molar-refractivity contribution in [2.75, 3.05) is 6.54 Å². The van der Waals surface area contributed by atoms with Crippen LogP contribution in [0.25, 0.3) is 0 Å². The highest BCUT2D eigenvalue weighted by Gasteiger charge is 2.07. The van der Waals surface area contributed by atoms with Gasteiger partial charge in [-0.2, -0.15) is 0 Å². The molecule has 0 radical (unpaired) electrons. The molecule has 2 N–H and O–H groups in total. The van der Waals surface area contributed by atoms with E-state index in [4.69, 9.17) is 0 Å². The zero-order valence-corrected chi connectivity index (χ0v) is 13.6. The first-order valence-electron chi connectivity index (χ1n) is 7.31. The number of nitrogens with one attached hydrogen (secondary N) is 2. The van der Waals surface area contributed by atoms with Gasteiger partial charge in [-0.25, -0.2) is 9.37 Å². The number of rotatable bonds is 7. The molecule has 0 saturated heterocycles. The third-order valence-corrected chi connectivity index (χ3v) is 3.92. The molecule has 1 aromatic carbocycles. The van der Waals surface area contributed by atoms with Gasteiger partial charge in [0.05, 0.1) is 12.1 Å². The maximum atomic E-state index is 12.9. The third kappa shape index (κ3) is 5.86. The molecule has 0 aliphatic heterocycles. The van der Waals surface area contributed by atoms with Crippen LogP contribution in [0.4, 0.5) is 4.39 Å². The molecule has 0 saturated carbocycles. The Bertz CT molecular complexity index is 716. The molecule has 1 amide bonds. The highest BCUT2D eigenvalue weighted by molar-refractivity contribution is 7.98. The molecule has 0 atom stereocenters. The van der Waals surface area contributed by atoms with Crippen LogP contribution < -0.4 is 10.9 Å². The molecular formula is C16H18FN3O2S. The van der Waals surface area contributed by atoms with Gasteiger partial charge in [0.25, 0.3) is 5.56 Å². The third-order valence-electron chi connectivity index (χ3n) is 2.98. The molecule has 7 heteroatoms. The molecule has 0 fully saturated rings. The van der Waals surface area contributed by atoms with Crippen molar-refractivity contribution in [1.82, 2.24) is 15.3 Å². The van der Waals surface area contributed by atoms with E-state index in [1.165, 1.54) is 30.0 Å². The molecule has 0 spiro atoms. The van der Waals surface area contributed by atoms with Gasteiger partial charge in [-0.1, -0.05) is 30.8 Å². The summed E-state index contributed by atoms with van der Waals surface area (Å²) in [5.41, 5.74) is 1.06. The van der Waals surface area contributed by atoms with Crippen LogP contribution in [-0.4, -0.2) is 22.4 Å². The van der Waals surface area contributed by atoms with Crippen LogP contribution in [0.15, 0.2) is 40.3 Å². The smallest absolute Gasteiger partial charge is 0.251 e. The molecular weight excluding hydrogens is 317 g/mol. The van der Waals surface area contributed by atoms with Crippen molar-refractivity contribution in [3.05, 3.63) is 57.8 Å².